The maximum absolute atomic E-state index is 12.7. The maximum atomic E-state index is 12.7. The van der Waals surface area contributed by atoms with Gasteiger partial charge >= 0.3 is 15.6 Å². The largest absolute Gasteiger partial charge is 0.524 e. The monoisotopic (exact) mass is 578 g/mol. The van der Waals surface area contributed by atoms with Crippen LogP contribution < -0.4 is 9.05 Å². The van der Waals surface area contributed by atoms with Crippen molar-refractivity contribution >= 4 is 47.5 Å². The molecule has 0 radical (unpaired) electrons. The highest BCUT2D eigenvalue weighted by molar-refractivity contribution is 8.87. The van der Waals surface area contributed by atoms with Crippen molar-refractivity contribution in [2.24, 2.45) is 0 Å². The number of para-hydroxylation sites is 2. The zero-order valence-electron chi connectivity index (χ0n) is 20.0. The summed E-state index contributed by atoms with van der Waals surface area (Å²) < 4.78 is 32.1. The van der Waals surface area contributed by atoms with Gasteiger partial charge in [-0.3, -0.25) is 29.2 Å². The van der Waals surface area contributed by atoms with Gasteiger partial charge in [-0.2, -0.15) is 0 Å². The van der Waals surface area contributed by atoms with Crippen molar-refractivity contribution in [2.45, 2.75) is 51.4 Å². The topological polar surface area (TPSA) is 168 Å². The van der Waals surface area contributed by atoms with Crippen LogP contribution in [-0.2, 0) is 29.5 Å². The lowest BCUT2D eigenvalue weighted by Crippen LogP contribution is -2.22. The molecule has 0 heterocycles. The summed E-state index contributed by atoms with van der Waals surface area (Å²) in [6.45, 7) is 6.89. The number of hydrogen-bond donors (Lipinski definition) is 4. The van der Waals surface area contributed by atoms with E-state index in [1.165, 1.54) is 12.1 Å². The average molecular weight is 579 g/mol. The Morgan fingerprint density at radius 2 is 1.00 bits per heavy atom. The molecule has 0 aliphatic carbocycles. The Kier molecular flexibility index (Phi) is 10.1. The number of hydrogen-bond acceptors (Lipinski definition) is 8. The smallest absolute Gasteiger partial charge is 0.404 e. The number of phosphoric acid groups is 2. The van der Waals surface area contributed by atoms with E-state index in [1.807, 2.05) is 0 Å². The lowest BCUT2D eigenvalue weighted by atomic mass is 9.81. The van der Waals surface area contributed by atoms with Gasteiger partial charge in [-0.1, -0.05) is 64.1 Å². The van der Waals surface area contributed by atoms with E-state index in [0.717, 1.165) is 21.6 Å². The van der Waals surface area contributed by atoms with E-state index in [9.17, 15) is 18.7 Å². The molecule has 2 aromatic carbocycles. The highest BCUT2D eigenvalue weighted by Gasteiger charge is 2.32. The standard InChI is InChI=1S/C22H28O10P2S2/c1-21(2,15-9-5-7-11-17(15)31-33(25,26)27)13-19(23)35-36-20(24)14-22(3,4)16-10-6-8-12-18(16)32-34(28,29)30/h5-12H,13-14H2,1-4H3,(H2,25,26,27)(H2,28,29,30). The Bertz CT molecular complexity index is 1110. The third kappa shape index (κ3) is 9.68. The molecule has 0 fully saturated rings. The summed E-state index contributed by atoms with van der Waals surface area (Å²) in [5.41, 5.74) is -0.836. The van der Waals surface area contributed by atoms with Gasteiger partial charge in [-0.05, 0) is 33.7 Å². The van der Waals surface area contributed by atoms with E-state index < -0.39 is 26.5 Å². The summed E-state index contributed by atoms with van der Waals surface area (Å²) in [7, 11) is -8.09. The second-order valence-corrected chi connectivity index (χ2v) is 13.8. The molecule has 0 atom stereocenters. The van der Waals surface area contributed by atoms with Crippen LogP contribution in [0, 0.1) is 0 Å². The lowest BCUT2D eigenvalue weighted by molar-refractivity contribution is -0.113. The number of benzene rings is 2. The van der Waals surface area contributed by atoms with E-state index in [4.69, 9.17) is 28.6 Å². The van der Waals surface area contributed by atoms with Gasteiger partial charge in [0.15, 0.2) is 0 Å². The summed E-state index contributed by atoms with van der Waals surface area (Å²) in [6.07, 6.45) is -0.0797. The van der Waals surface area contributed by atoms with Gasteiger partial charge in [-0.25, -0.2) is 9.13 Å². The van der Waals surface area contributed by atoms with E-state index in [0.29, 0.717) is 11.1 Å². The van der Waals surface area contributed by atoms with Crippen molar-refractivity contribution < 1.29 is 47.3 Å². The van der Waals surface area contributed by atoms with Crippen molar-refractivity contribution in [2.75, 3.05) is 0 Å². The molecule has 198 valence electrons. The van der Waals surface area contributed by atoms with Crippen molar-refractivity contribution in [1.29, 1.82) is 0 Å². The van der Waals surface area contributed by atoms with E-state index in [2.05, 4.69) is 0 Å². The first kappa shape index (κ1) is 30.6. The molecule has 4 N–H and O–H groups in total. The molecule has 0 saturated heterocycles. The Balaban J connectivity index is 2.04. The Hall–Kier alpha value is -1.62. The summed E-state index contributed by atoms with van der Waals surface area (Å²) in [5, 5.41) is -0.653. The molecule has 2 rings (SSSR count). The third-order valence-corrected chi connectivity index (χ3v) is 8.05. The van der Waals surface area contributed by atoms with Gasteiger partial charge in [0.2, 0.25) is 10.2 Å². The van der Waals surface area contributed by atoms with Crippen molar-refractivity contribution in [3.8, 4) is 11.5 Å². The van der Waals surface area contributed by atoms with Crippen LogP contribution in [0.3, 0.4) is 0 Å². The molecule has 0 aliphatic heterocycles. The molecule has 0 aliphatic rings. The minimum Gasteiger partial charge on any atom is -0.404 e. The van der Waals surface area contributed by atoms with Crippen LogP contribution in [0.2, 0.25) is 0 Å². The average Bonchev–Trinajstić information content (AvgIpc) is 2.70. The number of phosphoric ester groups is 2. The molecule has 14 heteroatoms. The Labute approximate surface area is 217 Å². The van der Waals surface area contributed by atoms with Crippen LogP contribution in [0.1, 0.15) is 51.7 Å². The lowest BCUT2D eigenvalue weighted by Gasteiger charge is -2.27. The fraction of sp³-hybridized carbons (Fsp3) is 0.364. The van der Waals surface area contributed by atoms with Crippen LogP contribution in [0.4, 0.5) is 0 Å². The highest BCUT2D eigenvalue weighted by atomic mass is 33.1. The fourth-order valence-corrected chi connectivity index (χ4v) is 6.30. The van der Waals surface area contributed by atoms with Gasteiger partial charge in [0.05, 0.1) is 0 Å². The molecule has 2 aromatic rings. The van der Waals surface area contributed by atoms with Gasteiger partial charge in [0, 0.05) is 34.8 Å². The first-order valence-electron chi connectivity index (χ1n) is 10.5. The SMILES string of the molecule is CC(C)(CC(=O)SSC(=O)CC(C)(C)c1ccccc1OP(=O)(O)O)c1ccccc1OP(=O)(O)O. The van der Waals surface area contributed by atoms with Crippen molar-refractivity contribution in [1.82, 2.24) is 0 Å². The highest BCUT2D eigenvalue weighted by Crippen LogP contribution is 2.46. The van der Waals surface area contributed by atoms with Crippen molar-refractivity contribution in [3.63, 3.8) is 0 Å². The van der Waals surface area contributed by atoms with Crippen LogP contribution in [-0.4, -0.2) is 29.8 Å². The molecular formula is C22H28O10P2S2. The van der Waals surface area contributed by atoms with Crippen molar-refractivity contribution in [3.05, 3.63) is 59.7 Å². The predicted octanol–water partition coefficient (Wildman–Crippen LogP) is 5.10. The summed E-state index contributed by atoms with van der Waals surface area (Å²) >= 11 is 0. The van der Waals surface area contributed by atoms with Gasteiger partial charge < -0.3 is 9.05 Å². The van der Waals surface area contributed by atoms with E-state index >= 15 is 0 Å². The molecule has 10 nitrogen and oxygen atoms in total. The molecule has 0 spiro atoms. The molecule has 0 unspecified atom stereocenters. The molecule has 0 bridgehead atoms. The van der Waals surface area contributed by atoms with Crippen LogP contribution in [0.25, 0.3) is 0 Å². The fourth-order valence-electron chi connectivity index (χ4n) is 3.53. The maximum Gasteiger partial charge on any atom is 0.524 e. The molecular weight excluding hydrogens is 550 g/mol. The zero-order chi connectivity index (χ0) is 27.4. The Morgan fingerprint density at radius 1 is 0.694 bits per heavy atom. The minimum absolute atomic E-state index is 0.0321. The van der Waals surface area contributed by atoms with Crippen LogP contribution in [0.15, 0.2) is 48.5 Å². The normalized spacial score (nSPS) is 12.8. The number of rotatable bonds is 10. The van der Waals surface area contributed by atoms with Gasteiger partial charge in [0.1, 0.15) is 11.5 Å². The summed E-state index contributed by atoms with van der Waals surface area (Å²) in [6, 6.07) is 12.5. The summed E-state index contributed by atoms with van der Waals surface area (Å²) in [5.74, 6) is -0.0643. The molecule has 0 amide bonds. The van der Waals surface area contributed by atoms with Gasteiger partial charge in [-0.15, -0.1) is 0 Å². The first-order valence-corrected chi connectivity index (χ1v) is 15.7. The quantitative estimate of drug-likeness (QED) is 0.218. The molecule has 36 heavy (non-hydrogen) atoms. The van der Waals surface area contributed by atoms with E-state index in [-0.39, 0.29) is 34.6 Å². The zero-order valence-corrected chi connectivity index (χ0v) is 23.4. The Morgan fingerprint density at radius 3 is 1.31 bits per heavy atom. The summed E-state index contributed by atoms with van der Waals surface area (Å²) in [4.78, 5) is 62.0. The molecule has 0 aromatic heterocycles. The predicted molar refractivity (Wildman–Crippen MR) is 139 cm³/mol. The minimum atomic E-state index is -4.80. The first-order chi connectivity index (χ1) is 16.4. The number of carbonyl (C=O) groups excluding carboxylic acids is 2. The van der Waals surface area contributed by atoms with Crippen LogP contribution >= 0.6 is 37.2 Å². The third-order valence-electron chi connectivity index (χ3n) is 5.07. The van der Waals surface area contributed by atoms with Gasteiger partial charge in [0.25, 0.3) is 0 Å². The van der Waals surface area contributed by atoms with Crippen LogP contribution in [0.5, 0.6) is 11.5 Å². The second-order valence-electron chi connectivity index (χ2n) is 9.19. The number of carbonyl (C=O) groups is 2. The molecule has 0 saturated carbocycles. The second kappa shape index (κ2) is 11.8. The van der Waals surface area contributed by atoms with E-state index in [1.54, 1.807) is 64.1 Å².